The fourth-order valence-electron chi connectivity index (χ4n) is 2.36. The summed E-state index contributed by atoms with van der Waals surface area (Å²) in [5.41, 5.74) is 3.38. The summed E-state index contributed by atoms with van der Waals surface area (Å²) in [6, 6.07) is 0.261. The Morgan fingerprint density at radius 2 is 2.00 bits per heavy atom. The normalized spacial score (nSPS) is 22.7. The van der Waals surface area contributed by atoms with Crippen molar-refractivity contribution in [3.8, 4) is 0 Å². The van der Waals surface area contributed by atoms with Crippen LogP contribution in [-0.2, 0) is 4.74 Å². The zero-order valence-electron chi connectivity index (χ0n) is 13.9. The Bertz CT molecular complexity index is 388. The molecule has 1 aliphatic rings. The third kappa shape index (κ3) is 4.29. The first-order valence-electron chi connectivity index (χ1n) is 7.56. The van der Waals surface area contributed by atoms with Gasteiger partial charge in [0, 0.05) is 24.3 Å². The molecule has 0 aromatic rings. The van der Waals surface area contributed by atoms with Gasteiger partial charge >= 0.3 is 0 Å². The van der Waals surface area contributed by atoms with Gasteiger partial charge in [0.2, 0.25) is 0 Å². The molecule has 0 bridgehead atoms. The third-order valence-corrected chi connectivity index (χ3v) is 4.06. The second-order valence-electron chi connectivity index (χ2n) is 6.09. The first-order chi connectivity index (χ1) is 9.38. The molecular formula is C17H30N2O. The summed E-state index contributed by atoms with van der Waals surface area (Å²) in [4.78, 5) is 7.13. The van der Waals surface area contributed by atoms with Gasteiger partial charge in [0.15, 0.2) is 0 Å². The Hall–Kier alpha value is -0.930. The molecule has 2 atom stereocenters. The predicted octanol–water partition coefficient (Wildman–Crippen LogP) is 3.53. The number of allylic oxidation sites excluding steroid dienone is 2. The van der Waals surface area contributed by atoms with Crippen LogP contribution in [0.15, 0.2) is 28.9 Å². The van der Waals surface area contributed by atoms with E-state index >= 15 is 0 Å². The average Bonchev–Trinajstić information content (AvgIpc) is 2.92. The number of nitrogens with zero attached hydrogens (tertiary/aromatic N) is 2. The van der Waals surface area contributed by atoms with Gasteiger partial charge in [-0.3, -0.25) is 4.99 Å². The molecule has 1 heterocycles. The van der Waals surface area contributed by atoms with Gasteiger partial charge in [0.25, 0.3) is 0 Å². The number of hydrogen-bond acceptors (Lipinski definition) is 3. The summed E-state index contributed by atoms with van der Waals surface area (Å²) in [7, 11) is 4.17. The number of hydrogen-bond donors (Lipinski definition) is 0. The van der Waals surface area contributed by atoms with Crippen LogP contribution in [0.3, 0.4) is 0 Å². The molecule has 1 saturated heterocycles. The van der Waals surface area contributed by atoms with E-state index in [1.165, 1.54) is 0 Å². The molecule has 0 amide bonds. The molecule has 0 saturated carbocycles. The van der Waals surface area contributed by atoms with E-state index in [0.29, 0.717) is 11.8 Å². The second-order valence-corrected chi connectivity index (χ2v) is 6.09. The van der Waals surface area contributed by atoms with E-state index in [4.69, 9.17) is 9.73 Å². The molecule has 0 aliphatic carbocycles. The molecule has 1 fully saturated rings. The van der Waals surface area contributed by atoms with E-state index in [1.54, 1.807) is 0 Å². The molecule has 20 heavy (non-hydrogen) atoms. The number of ether oxygens (including phenoxy) is 1. The maximum atomic E-state index is 5.50. The molecule has 0 radical (unpaired) electrons. The lowest BCUT2D eigenvalue weighted by atomic mass is 9.91. The topological polar surface area (TPSA) is 24.8 Å². The van der Waals surface area contributed by atoms with Gasteiger partial charge in [-0.05, 0) is 45.9 Å². The van der Waals surface area contributed by atoms with E-state index in [9.17, 15) is 0 Å². The van der Waals surface area contributed by atoms with Crippen molar-refractivity contribution in [2.75, 3.05) is 27.3 Å². The average molecular weight is 278 g/mol. The summed E-state index contributed by atoms with van der Waals surface area (Å²) < 4.78 is 5.50. The first kappa shape index (κ1) is 17.1. The van der Waals surface area contributed by atoms with Crippen LogP contribution in [0.5, 0.6) is 0 Å². The van der Waals surface area contributed by atoms with Gasteiger partial charge < -0.3 is 9.64 Å². The highest BCUT2D eigenvalue weighted by molar-refractivity contribution is 6.04. The maximum absolute atomic E-state index is 5.50. The van der Waals surface area contributed by atoms with Crippen molar-refractivity contribution in [1.82, 2.24) is 4.90 Å². The van der Waals surface area contributed by atoms with Crippen molar-refractivity contribution in [2.45, 2.75) is 40.2 Å². The van der Waals surface area contributed by atoms with Crippen LogP contribution in [0.2, 0.25) is 0 Å². The minimum Gasteiger partial charge on any atom is -0.381 e. The summed E-state index contributed by atoms with van der Waals surface area (Å²) >= 11 is 0. The van der Waals surface area contributed by atoms with Crippen LogP contribution < -0.4 is 0 Å². The van der Waals surface area contributed by atoms with Crippen molar-refractivity contribution in [3.05, 3.63) is 23.9 Å². The van der Waals surface area contributed by atoms with E-state index < -0.39 is 0 Å². The van der Waals surface area contributed by atoms with Crippen LogP contribution in [0, 0.1) is 11.8 Å². The molecule has 1 rings (SSSR count). The molecule has 3 heteroatoms. The summed E-state index contributed by atoms with van der Waals surface area (Å²) in [5.74, 6) is 0.846. The minimum absolute atomic E-state index is 0.261. The van der Waals surface area contributed by atoms with Crippen LogP contribution in [0.25, 0.3) is 0 Å². The maximum Gasteiger partial charge on any atom is 0.0605 e. The summed E-state index contributed by atoms with van der Waals surface area (Å²) in [5, 5.41) is 0. The Balaban J connectivity index is 3.07. The van der Waals surface area contributed by atoms with Crippen molar-refractivity contribution in [1.29, 1.82) is 0 Å². The predicted molar refractivity (Wildman–Crippen MR) is 87.2 cm³/mol. The molecule has 0 unspecified atom stereocenters. The molecule has 1 aliphatic heterocycles. The van der Waals surface area contributed by atoms with Crippen molar-refractivity contribution in [3.63, 3.8) is 0 Å². The molecule has 0 aromatic carbocycles. The highest BCUT2D eigenvalue weighted by Gasteiger charge is 2.26. The lowest BCUT2D eigenvalue weighted by molar-refractivity contribution is 0.190. The second kappa shape index (κ2) is 7.75. The largest absolute Gasteiger partial charge is 0.381 e. The Morgan fingerprint density at radius 3 is 2.40 bits per heavy atom. The highest BCUT2D eigenvalue weighted by Crippen LogP contribution is 2.25. The van der Waals surface area contributed by atoms with Crippen LogP contribution >= 0.6 is 0 Å². The molecule has 3 nitrogen and oxygen atoms in total. The summed E-state index contributed by atoms with van der Waals surface area (Å²) in [6.07, 6.45) is 3.16. The molecule has 0 aromatic heterocycles. The van der Waals surface area contributed by atoms with E-state index in [2.05, 4.69) is 59.3 Å². The van der Waals surface area contributed by atoms with Gasteiger partial charge in [-0.25, -0.2) is 0 Å². The standard InChI is InChI=1S/C17H30N2O/c1-8-16(12(2)3)18-17(14(5)19(6)7)13(4)15-9-10-20-11-15/h8,12,14-15H,4,9-11H2,1-3,5-7H3/b16-8-,18-17+/t14-,15+/m1/s1. The zero-order chi connectivity index (χ0) is 15.3. The lowest BCUT2D eigenvalue weighted by Gasteiger charge is -2.26. The first-order valence-corrected chi connectivity index (χ1v) is 7.56. The molecular weight excluding hydrogens is 248 g/mol. The Kier molecular flexibility index (Phi) is 6.63. The lowest BCUT2D eigenvalue weighted by Crippen LogP contribution is -2.35. The monoisotopic (exact) mass is 278 g/mol. The Labute approximate surface area is 124 Å². The van der Waals surface area contributed by atoms with Crippen LogP contribution in [0.4, 0.5) is 0 Å². The zero-order valence-corrected chi connectivity index (χ0v) is 13.9. The van der Waals surface area contributed by atoms with Gasteiger partial charge in [-0.15, -0.1) is 0 Å². The van der Waals surface area contributed by atoms with Crippen molar-refractivity contribution < 1.29 is 4.74 Å². The van der Waals surface area contributed by atoms with Crippen molar-refractivity contribution >= 4 is 5.71 Å². The molecule has 114 valence electrons. The minimum atomic E-state index is 0.261. The van der Waals surface area contributed by atoms with Gasteiger partial charge in [-0.2, -0.15) is 0 Å². The number of aliphatic imine (C=N–C) groups is 1. The third-order valence-electron chi connectivity index (χ3n) is 4.06. The van der Waals surface area contributed by atoms with Crippen LogP contribution in [-0.4, -0.2) is 44.0 Å². The smallest absolute Gasteiger partial charge is 0.0605 e. The summed E-state index contributed by atoms with van der Waals surface area (Å²) in [6.45, 7) is 14.5. The van der Waals surface area contributed by atoms with Gasteiger partial charge in [0.05, 0.1) is 12.3 Å². The van der Waals surface area contributed by atoms with E-state index in [1.807, 2.05) is 0 Å². The van der Waals surface area contributed by atoms with Crippen LogP contribution in [0.1, 0.15) is 34.1 Å². The fraction of sp³-hybridized carbons (Fsp3) is 0.706. The quantitative estimate of drug-likeness (QED) is 0.694. The SMILES string of the molecule is C=C(/C(=N\C(=C/C)C(C)C)[C@@H](C)N(C)C)[C@H]1CCOC1. The molecule has 0 spiro atoms. The molecule has 0 N–H and O–H groups in total. The van der Waals surface area contributed by atoms with Gasteiger partial charge in [0.1, 0.15) is 0 Å². The van der Waals surface area contributed by atoms with E-state index in [0.717, 1.165) is 36.6 Å². The van der Waals surface area contributed by atoms with Gasteiger partial charge in [-0.1, -0.05) is 26.5 Å². The van der Waals surface area contributed by atoms with E-state index in [-0.39, 0.29) is 6.04 Å². The highest BCUT2D eigenvalue weighted by atomic mass is 16.5. The number of rotatable bonds is 6. The fourth-order valence-corrected chi connectivity index (χ4v) is 2.36. The van der Waals surface area contributed by atoms with Crippen molar-refractivity contribution in [2.24, 2.45) is 16.8 Å². The Morgan fingerprint density at radius 1 is 1.35 bits per heavy atom.